The fourth-order valence-electron chi connectivity index (χ4n) is 2.12. The van der Waals surface area contributed by atoms with Gasteiger partial charge in [-0.25, -0.2) is 9.37 Å². The maximum absolute atomic E-state index is 13.2. The summed E-state index contributed by atoms with van der Waals surface area (Å²) in [4.78, 5) is 3.91. The molecule has 1 unspecified atom stereocenters. The van der Waals surface area contributed by atoms with Crippen LogP contribution in [0.2, 0.25) is 0 Å². The van der Waals surface area contributed by atoms with Gasteiger partial charge in [-0.15, -0.1) is 0 Å². The second-order valence-electron chi connectivity index (χ2n) is 4.75. The van der Waals surface area contributed by atoms with Crippen molar-refractivity contribution in [2.45, 2.75) is 18.9 Å². The zero-order valence-electron chi connectivity index (χ0n) is 11.2. The lowest BCUT2D eigenvalue weighted by Gasteiger charge is -2.04. The average molecular weight is 287 g/mol. The van der Waals surface area contributed by atoms with Crippen LogP contribution in [0.3, 0.4) is 0 Å². The van der Waals surface area contributed by atoms with Gasteiger partial charge in [0.2, 0.25) is 0 Å². The van der Waals surface area contributed by atoms with Crippen molar-refractivity contribution in [3.8, 4) is 11.3 Å². The fourth-order valence-corrected chi connectivity index (χ4v) is 2.12. The number of aliphatic hydroxyl groups excluding tert-OH is 1. The molecule has 0 saturated heterocycles. The summed E-state index contributed by atoms with van der Waals surface area (Å²) in [7, 11) is 0. The van der Waals surface area contributed by atoms with Crippen molar-refractivity contribution < 1.29 is 13.9 Å². The summed E-state index contributed by atoms with van der Waals surface area (Å²) in [5.74, 6) is 0.758. The maximum Gasteiger partial charge on any atom is 0.153 e. The van der Waals surface area contributed by atoms with E-state index in [1.165, 1.54) is 18.5 Å². The Morgan fingerprint density at radius 1 is 1.33 bits per heavy atom. The number of nitrogens with one attached hydrogen (secondary N) is 1. The van der Waals surface area contributed by atoms with Crippen LogP contribution in [0.1, 0.15) is 23.9 Å². The summed E-state index contributed by atoms with van der Waals surface area (Å²) in [6, 6.07) is 8.09. The van der Waals surface area contributed by atoms with Crippen LogP contribution in [0.25, 0.3) is 11.3 Å². The topological polar surface area (TPSA) is 74.9 Å². The maximum atomic E-state index is 13.2. The lowest BCUT2D eigenvalue weighted by molar-refractivity contribution is 0.158. The van der Waals surface area contributed by atoms with Crippen LogP contribution in [0, 0.1) is 5.82 Å². The number of halogens is 1. The predicted octanol–water partition coefficient (Wildman–Crippen LogP) is 2.87. The third-order valence-electron chi connectivity index (χ3n) is 3.22. The normalized spacial score (nSPS) is 12.5. The molecule has 21 heavy (non-hydrogen) atoms. The first kappa shape index (κ1) is 13.5. The van der Waals surface area contributed by atoms with Crippen molar-refractivity contribution in [1.29, 1.82) is 0 Å². The van der Waals surface area contributed by atoms with E-state index < -0.39 is 6.10 Å². The van der Waals surface area contributed by atoms with Gasteiger partial charge >= 0.3 is 0 Å². The molecule has 2 N–H and O–H groups in total. The summed E-state index contributed by atoms with van der Waals surface area (Å²) >= 11 is 0. The van der Waals surface area contributed by atoms with Gasteiger partial charge in [0.05, 0.1) is 6.26 Å². The van der Waals surface area contributed by atoms with E-state index in [-0.39, 0.29) is 5.82 Å². The average Bonchev–Trinajstić information content (AvgIpc) is 3.16. The highest BCUT2D eigenvalue weighted by Crippen LogP contribution is 2.24. The smallest absolute Gasteiger partial charge is 0.153 e. The van der Waals surface area contributed by atoms with Crippen molar-refractivity contribution in [2.75, 3.05) is 0 Å². The quantitative estimate of drug-likeness (QED) is 0.756. The molecular formula is C15H14FN3O2. The molecule has 0 spiro atoms. The second-order valence-corrected chi connectivity index (χ2v) is 4.75. The van der Waals surface area contributed by atoms with Crippen LogP contribution in [-0.4, -0.2) is 20.3 Å². The zero-order valence-corrected chi connectivity index (χ0v) is 11.2. The minimum atomic E-state index is -0.694. The molecule has 3 rings (SSSR count). The van der Waals surface area contributed by atoms with Crippen LogP contribution < -0.4 is 0 Å². The first-order valence-corrected chi connectivity index (χ1v) is 6.59. The van der Waals surface area contributed by atoms with Crippen LogP contribution in [-0.2, 0) is 6.42 Å². The molecular weight excluding hydrogens is 273 g/mol. The lowest BCUT2D eigenvalue weighted by atomic mass is 10.1. The van der Waals surface area contributed by atoms with Crippen LogP contribution >= 0.6 is 0 Å². The SMILES string of the molecule is OC(CCc1coc(-c2cccc(F)c2)c1)c1ncn[nH]1. The Bertz CT molecular complexity index is 709. The number of aromatic amines is 1. The molecule has 0 aliphatic rings. The molecule has 0 aliphatic heterocycles. The van der Waals surface area contributed by atoms with Gasteiger partial charge in [-0.05, 0) is 36.6 Å². The standard InChI is InChI=1S/C15H14FN3O2/c16-12-3-1-2-11(7-12)14-6-10(8-21-14)4-5-13(20)15-17-9-18-19-15/h1-3,6-9,13,20H,4-5H2,(H,17,18,19). The molecule has 2 aromatic heterocycles. The number of nitrogens with zero attached hydrogens (tertiary/aromatic N) is 2. The van der Waals surface area contributed by atoms with Crippen LogP contribution in [0.5, 0.6) is 0 Å². The third kappa shape index (κ3) is 3.17. The Hall–Kier alpha value is -2.47. The van der Waals surface area contributed by atoms with E-state index in [1.807, 2.05) is 6.07 Å². The minimum Gasteiger partial charge on any atom is -0.464 e. The number of hydrogen-bond donors (Lipinski definition) is 2. The Kier molecular flexibility index (Phi) is 3.79. The van der Waals surface area contributed by atoms with Gasteiger partial charge in [0.1, 0.15) is 24.0 Å². The Labute approximate surface area is 120 Å². The van der Waals surface area contributed by atoms with Gasteiger partial charge < -0.3 is 9.52 Å². The van der Waals surface area contributed by atoms with Gasteiger partial charge in [0.25, 0.3) is 0 Å². The Morgan fingerprint density at radius 3 is 3.00 bits per heavy atom. The van der Waals surface area contributed by atoms with Gasteiger partial charge in [0.15, 0.2) is 5.82 Å². The van der Waals surface area contributed by atoms with E-state index in [9.17, 15) is 9.50 Å². The fraction of sp³-hybridized carbons (Fsp3) is 0.200. The second kappa shape index (κ2) is 5.88. The van der Waals surface area contributed by atoms with Gasteiger partial charge in [-0.2, -0.15) is 5.10 Å². The van der Waals surface area contributed by atoms with Crippen LogP contribution in [0.15, 0.2) is 47.3 Å². The highest BCUT2D eigenvalue weighted by molar-refractivity contribution is 5.58. The Morgan fingerprint density at radius 2 is 2.24 bits per heavy atom. The summed E-state index contributed by atoms with van der Waals surface area (Å²) < 4.78 is 18.6. The summed E-state index contributed by atoms with van der Waals surface area (Å²) in [5, 5.41) is 16.3. The molecule has 0 aliphatic carbocycles. The molecule has 0 bridgehead atoms. The molecule has 0 radical (unpaired) electrons. The monoisotopic (exact) mass is 287 g/mol. The largest absolute Gasteiger partial charge is 0.464 e. The first-order chi connectivity index (χ1) is 10.2. The van der Waals surface area contributed by atoms with E-state index in [1.54, 1.807) is 18.4 Å². The van der Waals surface area contributed by atoms with Crippen molar-refractivity contribution in [3.05, 3.63) is 60.1 Å². The molecule has 108 valence electrons. The number of aliphatic hydroxyl groups is 1. The molecule has 0 amide bonds. The molecule has 2 heterocycles. The molecule has 1 atom stereocenters. The zero-order chi connectivity index (χ0) is 14.7. The molecule has 1 aromatic carbocycles. The molecule has 6 heteroatoms. The summed E-state index contributed by atoms with van der Waals surface area (Å²) in [6.07, 6.45) is 3.41. The number of H-pyrrole nitrogens is 1. The number of aryl methyl sites for hydroxylation is 1. The highest BCUT2D eigenvalue weighted by atomic mass is 19.1. The molecule has 3 aromatic rings. The number of hydrogen-bond acceptors (Lipinski definition) is 4. The van der Waals surface area contributed by atoms with E-state index in [2.05, 4.69) is 15.2 Å². The van der Waals surface area contributed by atoms with E-state index in [0.717, 1.165) is 5.56 Å². The summed E-state index contributed by atoms with van der Waals surface area (Å²) in [6.45, 7) is 0. The number of rotatable bonds is 5. The summed E-state index contributed by atoms with van der Waals surface area (Å²) in [5.41, 5.74) is 1.63. The number of aromatic nitrogens is 3. The van der Waals surface area contributed by atoms with Gasteiger partial charge in [0, 0.05) is 5.56 Å². The van der Waals surface area contributed by atoms with Crippen molar-refractivity contribution >= 4 is 0 Å². The number of furan rings is 1. The molecule has 0 saturated carbocycles. The van der Waals surface area contributed by atoms with E-state index in [4.69, 9.17) is 4.42 Å². The molecule has 5 nitrogen and oxygen atoms in total. The van der Waals surface area contributed by atoms with Crippen molar-refractivity contribution in [2.24, 2.45) is 0 Å². The van der Waals surface area contributed by atoms with Crippen LogP contribution in [0.4, 0.5) is 4.39 Å². The van der Waals surface area contributed by atoms with Gasteiger partial charge in [-0.3, -0.25) is 5.10 Å². The van der Waals surface area contributed by atoms with Crippen molar-refractivity contribution in [1.82, 2.24) is 15.2 Å². The third-order valence-corrected chi connectivity index (χ3v) is 3.22. The number of benzene rings is 1. The molecule has 0 fully saturated rings. The first-order valence-electron chi connectivity index (χ1n) is 6.59. The van der Waals surface area contributed by atoms with E-state index >= 15 is 0 Å². The lowest BCUT2D eigenvalue weighted by Crippen LogP contribution is -2.01. The predicted molar refractivity (Wildman–Crippen MR) is 73.8 cm³/mol. The minimum absolute atomic E-state index is 0.300. The van der Waals surface area contributed by atoms with Crippen molar-refractivity contribution in [3.63, 3.8) is 0 Å². The van der Waals surface area contributed by atoms with E-state index in [0.29, 0.717) is 30.0 Å². The Balaban J connectivity index is 1.65. The van der Waals surface area contributed by atoms with Gasteiger partial charge in [-0.1, -0.05) is 12.1 Å². The highest BCUT2D eigenvalue weighted by Gasteiger charge is 2.12.